The van der Waals surface area contributed by atoms with Gasteiger partial charge in [-0.25, -0.2) is 0 Å². The first-order chi connectivity index (χ1) is 2.80. The van der Waals surface area contributed by atoms with Crippen LogP contribution >= 0.6 is 0 Å². The average Bonchev–Trinajstić information content (AvgIpc) is 1.61. The van der Waals surface area contributed by atoms with E-state index in [2.05, 4.69) is 12.2 Å². The molecular formula is C4H10N2. The fourth-order valence-electron chi connectivity index (χ4n) is 0.490. The Bertz CT molecular complexity index is 45.5. The molecule has 0 aromatic heterocycles. The molecule has 0 spiro atoms. The molecule has 1 unspecified atom stereocenters. The van der Waals surface area contributed by atoms with E-state index in [-0.39, 0.29) is 6.17 Å². The van der Waals surface area contributed by atoms with Gasteiger partial charge in [-0.2, -0.15) is 0 Å². The molecule has 1 saturated heterocycles. The molecule has 2 nitrogen and oxygen atoms in total. The summed E-state index contributed by atoms with van der Waals surface area (Å²) in [7, 11) is 0. The van der Waals surface area contributed by atoms with Gasteiger partial charge < -0.3 is 11.1 Å². The van der Waals surface area contributed by atoms with Gasteiger partial charge in [-0.1, -0.05) is 6.92 Å². The third-order valence-corrected chi connectivity index (χ3v) is 1.29. The van der Waals surface area contributed by atoms with Gasteiger partial charge in [0.25, 0.3) is 0 Å². The summed E-state index contributed by atoms with van der Waals surface area (Å²) in [5, 5.41) is 3.04. The molecule has 0 bridgehead atoms. The molecule has 3 N–H and O–H groups in total. The minimum absolute atomic E-state index is 0.282. The summed E-state index contributed by atoms with van der Waals surface area (Å²) in [5.41, 5.74) is 5.41. The van der Waals surface area contributed by atoms with Gasteiger partial charge in [-0.3, -0.25) is 0 Å². The van der Waals surface area contributed by atoms with E-state index < -0.39 is 0 Å². The third-order valence-electron chi connectivity index (χ3n) is 1.29. The topological polar surface area (TPSA) is 38.0 Å². The Labute approximate surface area is 37.7 Å². The van der Waals surface area contributed by atoms with Crippen molar-refractivity contribution < 1.29 is 0 Å². The van der Waals surface area contributed by atoms with Crippen molar-refractivity contribution in [1.29, 1.82) is 0 Å². The third kappa shape index (κ3) is 0.420. The van der Waals surface area contributed by atoms with Crippen molar-refractivity contribution >= 4 is 0 Å². The Morgan fingerprint density at radius 2 is 2.33 bits per heavy atom. The lowest BCUT2D eigenvalue weighted by Gasteiger charge is -2.31. The van der Waals surface area contributed by atoms with Crippen molar-refractivity contribution in [2.45, 2.75) is 13.1 Å². The van der Waals surface area contributed by atoms with Crippen molar-refractivity contribution in [2.75, 3.05) is 6.54 Å². The highest BCUT2D eigenvalue weighted by atomic mass is 15.1. The van der Waals surface area contributed by atoms with Crippen molar-refractivity contribution in [3.8, 4) is 0 Å². The Balaban J connectivity index is 2.20. The van der Waals surface area contributed by atoms with Crippen LogP contribution in [0.4, 0.5) is 0 Å². The molecule has 1 rings (SSSR count). The van der Waals surface area contributed by atoms with Crippen molar-refractivity contribution in [3.05, 3.63) is 0 Å². The highest BCUT2D eigenvalue weighted by Crippen LogP contribution is 2.03. The summed E-state index contributed by atoms with van der Waals surface area (Å²) in [4.78, 5) is 0. The van der Waals surface area contributed by atoms with Crippen LogP contribution in [0.1, 0.15) is 6.92 Å². The highest BCUT2D eigenvalue weighted by molar-refractivity contribution is 4.78. The minimum atomic E-state index is 0.282. The molecule has 2 atom stereocenters. The zero-order valence-corrected chi connectivity index (χ0v) is 3.94. The first-order valence-electron chi connectivity index (χ1n) is 2.29. The Morgan fingerprint density at radius 1 is 1.83 bits per heavy atom. The number of hydrogen-bond acceptors (Lipinski definition) is 2. The molecule has 1 fully saturated rings. The second kappa shape index (κ2) is 1.21. The maximum absolute atomic E-state index is 5.41. The van der Waals surface area contributed by atoms with Gasteiger partial charge in [0.15, 0.2) is 0 Å². The zero-order chi connectivity index (χ0) is 4.57. The average molecular weight is 86.1 g/mol. The van der Waals surface area contributed by atoms with E-state index >= 15 is 0 Å². The van der Waals surface area contributed by atoms with E-state index in [1.54, 1.807) is 0 Å². The predicted octanol–water partition coefficient (Wildman–Crippen LogP) is -0.489. The molecule has 6 heavy (non-hydrogen) atoms. The molecule has 0 amide bonds. The highest BCUT2D eigenvalue weighted by Gasteiger charge is 2.20. The van der Waals surface area contributed by atoms with Crippen LogP contribution in [0.15, 0.2) is 0 Å². The van der Waals surface area contributed by atoms with Gasteiger partial charge in [0, 0.05) is 6.54 Å². The van der Waals surface area contributed by atoms with E-state index in [0.717, 1.165) is 6.54 Å². The molecule has 0 radical (unpaired) electrons. The van der Waals surface area contributed by atoms with Gasteiger partial charge in [0.1, 0.15) is 0 Å². The van der Waals surface area contributed by atoms with Crippen LogP contribution in [0.25, 0.3) is 0 Å². The van der Waals surface area contributed by atoms with Crippen LogP contribution < -0.4 is 11.1 Å². The zero-order valence-electron chi connectivity index (χ0n) is 3.94. The van der Waals surface area contributed by atoms with Crippen LogP contribution in [-0.4, -0.2) is 12.7 Å². The van der Waals surface area contributed by atoms with E-state index in [1.807, 2.05) is 0 Å². The van der Waals surface area contributed by atoms with Crippen molar-refractivity contribution in [3.63, 3.8) is 0 Å². The normalized spacial score (nSPS) is 45.0. The van der Waals surface area contributed by atoms with Crippen LogP contribution in [0.2, 0.25) is 0 Å². The van der Waals surface area contributed by atoms with Gasteiger partial charge in [-0.05, 0) is 5.92 Å². The number of nitrogens with one attached hydrogen (secondary N) is 1. The van der Waals surface area contributed by atoms with Gasteiger partial charge in [0.2, 0.25) is 0 Å². The van der Waals surface area contributed by atoms with E-state index in [0.29, 0.717) is 5.92 Å². The van der Waals surface area contributed by atoms with Crippen LogP contribution in [0, 0.1) is 5.92 Å². The fourth-order valence-corrected chi connectivity index (χ4v) is 0.490. The fraction of sp³-hybridized carbons (Fsp3) is 1.00. The number of nitrogens with two attached hydrogens (primary N) is 1. The molecule has 1 aliphatic heterocycles. The van der Waals surface area contributed by atoms with Gasteiger partial charge in [0.05, 0.1) is 6.17 Å². The standard InChI is InChI=1S/C4H10N2/c1-3-2-6-4(3)5/h3-4,6H,2,5H2,1H3/t3-,4?/m0/s1. The van der Waals surface area contributed by atoms with Crippen molar-refractivity contribution in [1.82, 2.24) is 5.32 Å². The second-order valence-corrected chi connectivity index (χ2v) is 1.91. The van der Waals surface area contributed by atoms with E-state index in [1.165, 1.54) is 0 Å². The second-order valence-electron chi connectivity index (χ2n) is 1.91. The van der Waals surface area contributed by atoms with Crippen LogP contribution in [0.3, 0.4) is 0 Å². The van der Waals surface area contributed by atoms with Crippen molar-refractivity contribution in [2.24, 2.45) is 11.7 Å². The first-order valence-corrected chi connectivity index (χ1v) is 2.29. The molecule has 2 heteroatoms. The molecule has 0 aromatic carbocycles. The van der Waals surface area contributed by atoms with Crippen LogP contribution in [0.5, 0.6) is 0 Å². The largest absolute Gasteiger partial charge is 0.316 e. The monoisotopic (exact) mass is 86.1 g/mol. The summed E-state index contributed by atoms with van der Waals surface area (Å²) in [6.45, 7) is 3.24. The lowest BCUT2D eigenvalue weighted by molar-refractivity contribution is 0.261. The molecule has 36 valence electrons. The molecule has 0 saturated carbocycles. The summed E-state index contributed by atoms with van der Waals surface area (Å²) in [6.07, 6.45) is 0.282. The molecule has 0 aromatic rings. The predicted molar refractivity (Wildman–Crippen MR) is 25.1 cm³/mol. The molecular weight excluding hydrogens is 76.1 g/mol. The van der Waals surface area contributed by atoms with Gasteiger partial charge in [-0.15, -0.1) is 0 Å². The number of rotatable bonds is 0. The Kier molecular flexibility index (Phi) is 0.821. The Hall–Kier alpha value is -0.0800. The lowest BCUT2D eigenvalue weighted by atomic mass is 10.0. The van der Waals surface area contributed by atoms with E-state index in [9.17, 15) is 0 Å². The summed E-state index contributed by atoms with van der Waals surface area (Å²) < 4.78 is 0. The number of hydrogen-bond donors (Lipinski definition) is 2. The smallest absolute Gasteiger partial charge is 0.0585 e. The SMILES string of the molecule is C[C@H]1CNC1N. The first kappa shape index (κ1) is 4.09. The molecule has 0 aliphatic carbocycles. The quantitative estimate of drug-likeness (QED) is 0.417. The van der Waals surface area contributed by atoms with E-state index in [4.69, 9.17) is 5.73 Å². The Morgan fingerprint density at radius 3 is 2.33 bits per heavy atom. The molecule has 1 aliphatic rings. The maximum atomic E-state index is 5.41. The maximum Gasteiger partial charge on any atom is 0.0585 e. The van der Waals surface area contributed by atoms with Crippen LogP contribution in [-0.2, 0) is 0 Å². The minimum Gasteiger partial charge on any atom is -0.316 e. The van der Waals surface area contributed by atoms with Gasteiger partial charge >= 0.3 is 0 Å². The lowest BCUT2D eigenvalue weighted by Crippen LogP contribution is -2.57. The summed E-state index contributed by atoms with van der Waals surface area (Å²) in [5.74, 6) is 0.699. The summed E-state index contributed by atoms with van der Waals surface area (Å²) in [6, 6.07) is 0. The summed E-state index contributed by atoms with van der Waals surface area (Å²) >= 11 is 0. The molecule has 1 heterocycles.